The lowest BCUT2D eigenvalue weighted by Crippen LogP contribution is -2.44. The molecule has 8 nitrogen and oxygen atoms in total. The number of aromatic nitrogens is 2. The van der Waals surface area contributed by atoms with Crippen LogP contribution in [-0.2, 0) is 4.79 Å². The molecule has 0 spiro atoms. The number of rotatable bonds is 5. The van der Waals surface area contributed by atoms with Gasteiger partial charge in [0.1, 0.15) is 5.48 Å². The van der Waals surface area contributed by atoms with Gasteiger partial charge in [-0.15, -0.1) is 0 Å². The van der Waals surface area contributed by atoms with Crippen molar-refractivity contribution in [2.45, 2.75) is 39.2 Å². The lowest BCUT2D eigenvalue weighted by atomic mass is 10.1. The van der Waals surface area contributed by atoms with E-state index in [1.165, 1.54) is 0 Å². The number of carboxylic acid groups (broad SMARTS) is 1. The maximum absolute atomic E-state index is 12.4. The van der Waals surface area contributed by atoms with Crippen molar-refractivity contribution < 1.29 is 9.90 Å². The number of H-pyrrole nitrogens is 1. The molecule has 0 radical (unpaired) electrons. The first kappa shape index (κ1) is 19.3. The molecule has 1 aromatic carbocycles. The Bertz CT molecular complexity index is 1140. The van der Waals surface area contributed by atoms with Crippen LogP contribution in [0.1, 0.15) is 30.4 Å². The van der Waals surface area contributed by atoms with E-state index < -0.39 is 5.97 Å². The van der Waals surface area contributed by atoms with Crippen molar-refractivity contribution in [2.24, 2.45) is 10.9 Å². The van der Waals surface area contributed by atoms with E-state index in [4.69, 9.17) is 0 Å². The number of fused-ring (bicyclic) bond motifs is 2. The summed E-state index contributed by atoms with van der Waals surface area (Å²) in [6, 6.07) is 4.25. The Morgan fingerprint density at radius 3 is 2.83 bits per heavy atom. The highest BCUT2D eigenvalue weighted by Gasteiger charge is 2.30. The fraction of sp³-hybridized carbons (Fsp3) is 0.429. The van der Waals surface area contributed by atoms with E-state index in [9.17, 15) is 14.7 Å². The van der Waals surface area contributed by atoms with E-state index in [-0.39, 0.29) is 17.5 Å². The van der Waals surface area contributed by atoms with Crippen LogP contribution in [0.25, 0.3) is 6.58 Å². The molecule has 29 heavy (non-hydrogen) atoms. The van der Waals surface area contributed by atoms with Gasteiger partial charge in [0.25, 0.3) is 5.56 Å². The maximum Gasteiger partial charge on any atom is 0.306 e. The van der Waals surface area contributed by atoms with Crippen molar-refractivity contribution >= 4 is 29.7 Å². The summed E-state index contributed by atoms with van der Waals surface area (Å²) in [7, 11) is 0. The van der Waals surface area contributed by atoms with Crippen molar-refractivity contribution in [3.63, 3.8) is 0 Å². The Morgan fingerprint density at radius 2 is 2.10 bits per heavy atom. The second-order valence-corrected chi connectivity index (χ2v) is 7.87. The number of benzene rings is 1. The molecule has 152 valence electrons. The zero-order valence-corrected chi connectivity index (χ0v) is 16.7. The first-order valence-corrected chi connectivity index (χ1v) is 9.86. The first-order valence-electron chi connectivity index (χ1n) is 9.86. The molecular weight excluding hydrogens is 370 g/mol. The third kappa shape index (κ3) is 3.67. The van der Waals surface area contributed by atoms with Crippen LogP contribution in [0.5, 0.6) is 0 Å². The second-order valence-electron chi connectivity index (χ2n) is 7.87. The average molecular weight is 395 g/mol. The Morgan fingerprint density at radius 1 is 1.34 bits per heavy atom. The molecule has 1 fully saturated rings. The van der Waals surface area contributed by atoms with E-state index in [2.05, 4.69) is 32.9 Å². The maximum atomic E-state index is 12.4. The van der Waals surface area contributed by atoms with Gasteiger partial charge in [-0.05, 0) is 56.4 Å². The standard InChI is InChI=1S/C21H25N5O3/c1-11-8-16-17(9-12(11)2)26(19-18(25-16)20(27)24-13(3)23-19)7-6-22-15-5-4-14(10-15)21(28)29/h8-9,14-15,22H,3-7,10H2,1-2H3,(H,24,27)(H,28,29)/t14-,15+/m0/s1. The molecular formula is C21H25N5O3. The van der Waals surface area contributed by atoms with Gasteiger partial charge in [0.15, 0.2) is 11.2 Å². The minimum absolute atomic E-state index is 0.194. The van der Waals surface area contributed by atoms with Crippen LogP contribution < -0.4 is 26.6 Å². The van der Waals surface area contributed by atoms with Gasteiger partial charge in [-0.1, -0.05) is 6.58 Å². The number of hydrogen-bond donors (Lipinski definition) is 3. The van der Waals surface area contributed by atoms with Crippen molar-refractivity contribution in [2.75, 3.05) is 18.0 Å². The fourth-order valence-corrected chi connectivity index (χ4v) is 4.11. The van der Waals surface area contributed by atoms with E-state index in [0.29, 0.717) is 42.6 Å². The van der Waals surface area contributed by atoms with Crippen molar-refractivity contribution in [3.05, 3.63) is 44.5 Å². The molecule has 1 aliphatic carbocycles. The number of nitrogens with zero attached hydrogens (tertiary/aromatic N) is 3. The molecule has 2 atom stereocenters. The van der Waals surface area contributed by atoms with Crippen LogP contribution >= 0.6 is 0 Å². The number of anilines is 2. The lowest BCUT2D eigenvalue weighted by molar-refractivity contribution is -0.141. The van der Waals surface area contributed by atoms with Crippen LogP contribution in [0.2, 0.25) is 0 Å². The molecule has 1 aromatic heterocycles. The Hall–Kier alpha value is -3.00. The molecule has 3 N–H and O–H groups in total. The smallest absolute Gasteiger partial charge is 0.306 e. The first-order chi connectivity index (χ1) is 13.8. The summed E-state index contributed by atoms with van der Waals surface area (Å²) >= 11 is 0. The van der Waals surface area contributed by atoms with E-state index in [1.807, 2.05) is 24.8 Å². The van der Waals surface area contributed by atoms with Gasteiger partial charge in [0, 0.05) is 19.1 Å². The Labute approximate surface area is 168 Å². The molecule has 1 aliphatic heterocycles. The second kappa shape index (κ2) is 7.44. The molecule has 0 unspecified atom stereocenters. The molecule has 8 heteroatoms. The fourth-order valence-electron chi connectivity index (χ4n) is 4.11. The van der Waals surface area contributed by atoms with Crippen molar-refractivity contribution in [1.82, 2.24) is 15.3 Å². The summed E-state index contributed by atoms with van der Waals surface area (Å²) in [6.45, 7) is 9.07. The largest absolute Gasteiger partial charge is 0.481 e. The minimum Gasteiger partial charge on any atom is -0.481 e. The lowest BCUT2D eigenvalue weighted by Gasteiger charge is -2.29. The average Bonchev–Trinajstić information content (AvgIpc) is 3.13. The number of carboxylic acids is 1. The summed E-state index contributed by atoms with van der Waals surface area (Å²) in [5, 5.41) is 12.9. The molecule has 0 bridgehead atoms. The molecule has 2 aliphatic rings. The Balaban J connectivity index is 1.62. The highest BCUT2D eigenvalue weighted by molar-refractivity contribution is 5.77. The number of aromatic amines is 1. The number of hydrogen-bond acceptors (Lipinski definition) is 6. The van der Waals surface area contributed by atoms with Gasteiger partial charge in [-0.25, -0.2) is 9.98 Å². The van der Waals surface area contributed by atoms with E-state index in [1.54, 1.807) is 0 Å². The molecule has 0 amide bonds. The number of aryl methyl sites for hydroxylation is 2. The summed E-state index contributed by atoms with van der Waals surface area (Å²) in [5.41, 5.74) is 3.90. The molecule has 4 rings (SSSR count). The highest BCUT2D eigenvalue weighted by atomic mass is 16.4. The van der Waals surface area contributed by atoms with Gasteiger partial charge in [-0.3, -0.25) is 9.59 Å². The summed E-state index contributed by atoms with van der Waals surface area (Å²) in [6.07, 6.45) is 2.22. The summed E-state index contributed by atoms with van der Waals surface area (Å²) in [5.74, 6) is -0.472. The predicted octanol–water partition coefficient (Wildman–Crippen LogP) is 1.04. The van der Waals surface area contributed by atoms with Gasteiger partial charge in [0.05, 0.1) is 17.3 Å². The van der Waals surface area contributed by atoms with Crippen LogP contribution in [0, 0.1) is 19.8 Å². The van der Waals surface area contributed by atoms with Gasteiger partial charge < -0.3 is 20.3 Å². The molecule has 0 saturated heterocycles. The number of nitrogens with one attached hydrogen (secondary N) is 2. The zero-order valence-electron chi connectivity index (χ0n) is 16.7. The SMILES string of the molecule is C=c1nc2c(c(=O)[nH]1)=Nc1cc(C)c(C)cc1N2CCN[C@@H]1CC[C@H](C(=O)O)C1. The van der Waals surface area contributed by atoms with Crippen LogP contribution in [0.4, 0.5) is 17.2 Å². The number of aliphatic carboxylic acids is 1. The number of carbonyl (C=O) groups is 1. The summed E-state index contributed by atoms with van der Waals surface area (Å²) < 4.78 is 0. The van der Waals surface area contributed by atoms with E-state index >= 15 is 0 Å². The Kier molecular flexibility index (Phi) is 4.96. The molecule has 2 heterocycles. The quantitative estimate of drug-likeness (QED) is 0.698. The molecule has 2 aromatic rings. The van der Waals surface area contributed by atoms with Crippen LogP contribution in [0.15, 0.2) is 21.9 Å². The van der Waals surface area contributed by atoms with Crippen LogP contribution in [0.3, 0.4) is 0 Å². The monoisotopic (exact) mass is 395 g/mol. The van der Waals surface area contributed by atoms with Gasteiger partial charge in [-0.2, -0.15) is 0 Å². The zero-order chi connectivity index (χ0) is 20.7. The van der Waals surface area contributed by atoms with Crippen molar-refractivity contribution in [3.8, 4) is 0 Å². The third-order valence-corrected chi connectivity index (χ3v) is 5.85. The minimum atomic E-state index is -0.716. The molecule has 1 saturated carbocycles. The topological polar surface area (TPSA) is 111 Å². The normalized spacial score (nSPS) is 20.1. The third-order valence-electron chi connectivity index (χ3n) is 5.85. The summed E-state index contributed by atoms with van der Waals surface area (Å²) in [4.78, 5) is 37.3. The predicted molar refractivity (Wildman–Crippen MR) is 111 cm³/mol. The van der Waals surface area contributed by atoms with Crippen LogP contribution in [-0.4, -0.2) is 40.2 Å². The van der Waals surface area contributed by atoms with Crippen molar-refractivity contribution in [1.29, 1.82) is 0 Å². The van der Waals surface area contributed by atoms with Gasteiger partial charge in [0.2, 0.25) is 0 Å². The highest BCUT2D eigenvalue weighted by Crippen LogP contribution is 2.36. The van der Waals surface area contributed by atoms with E-state index in [0.717, 1.165) is 28.9 Å². The van der Waals surface area contributed by atoms with Gasteiger partial charge >= 0.3 is 5.97 Å².